The van der Waals surface area contributed by atoms with Crippen LogP contribution >= 0.6 is 0 Å². The highest BCUT2D eigenvalue weighted by Crippen LogP contribution is 2.24. The molecule has 2 aromatic rings. The second kappa shape index (κ2) is 5.48. The zero-order chi connectivity index (χ0) is 13.9. The molecule has 1 saturated heterocycles. The first-order chi connectivity index (χ1) is 9.76. The minimum Gasteiger partial charge on any atom is -0.373 e. The molecular weight excluding hydrogens is 252 g/mol. The van der Waals surface area contributed by atoms with Crippen LogP contribution in [0.1, 0.15) is 19.3 Å². The molecule has 0 aliphatic carbocycles. The van der Waals surface area contributed by atoms with Crippen molar-refractivity contribution in [2.75, 3.05) is 30.4 Å². The minimum atomic E-state index is 0.815. The van der Waals surface area contributed by atoms with E-state index in [1.165, 1.54) is 19.3 Å². The molecule has 1 aliphatic heterocycles. The fraction of sp³-hybridized carbons (Fsp3) is 0.500. The predicted octanol–water partition coefficient (Wildman–Crippen LogP) is 1.91. The number of piperidine rings is 1. The molecule has 0 unspecified atom stereocenters. The molecule has 6 heteroatoms. The van der Waals surface area contributed by atoms with E-state index < -0.39 is 0 Å². The summed E-state index contributed by atoms with van der Waals surface area (Å²) in [7, 11) is 3.80. The molecule has 6 nitrogen and oxygen atoms in total. The first-order valence-corrected chi connectivity index (χ1v) is 7.07. The van der Waals surface area contributed by atoms with Crippen molar-refractivity contribution in [1.29, 1.82) is 0 Å². The zero-order valence-electron chi connectivity index (χ0n) is 12.0. The van der Waals surface area contributed by atoms with Crippen molar-refractivity contribution < 1.29 is 0 Å². The Hall–Kier alpha value is -2.11. The normalized spacial score (nSPS) is 15.4. The van der Waals surface area contributed by atoms with Gasteiger partial charge in [-0.25, -0.2) is 4.98 Å². The van der Waals surface area contributed by atoms with Crippen LogP contribution in [0.5, 0.6) is 0 Å². The number of anilines is 2. The molecule has 0 amide bonds. The molecule has 0 radical (unpaired) electrons. The van der Waals surface area contributed by atoms with Crippen LogP contribution in [-0.2, 0) is 7.05 Å². The summed E-state index contributed by atoms with van der Waals surface area (Å²) in [6, 6.07) is 1.96. The van der Waals surface area contributed by atoms with Crippen molar-refractivity contribution in [3.63, 3.8) is 0 Å². The highest BCUT2D eigenvalue weighted by Gasteiger charge is 2.16. The predicted molar refractivity (Wildman–Crippen MR) is 79.8 cm³/mol. The lowest BCUT2D eigenvalue weighted by molar-refractivity contribution is 0.568. The molecule has 0 atom stereocenters. The number of aryl methyl sites for hydroxylation is 1. The molecule has 20 heavy (non-hydrogen) atoms. The molecular formula is C14H20N6. The SMILES string of the molecule is CNc1cc(-c2cnn(C)c2)nc(N2CCCCC2)n1. The van der Waals surface area contributed by atoms with Gasteiger partial charge in [0.1, 0.15) is 5.82 Å². The van der Waals surface area contributed by atoms with Gasteiger partial charge in [0.15, 0.2) is 0 Å². The van der Waals surface area contributed by atoms with Gasteiger partial charge < -0.3 is 10.2 Å². The molecule has 2 aromatic heterocycles. The maximum atomic E-state index is 4.71. The van der Waals surface area contributed by atoms with Gasteiger partial charge in [-0.3, -0.25) is 4.68 Å². The molecule has 0 aromatic carbocycles. The van der Waals surface area contributed by atoms with Crippen LogP contribution in [0, 0.1) is 0 Å². The van der Waals surface area contributed by atoms with E-state index in [9.17, 15) is 0 Å². The molecule has 1 aliphatic rings. The summed E-state index contributed by atoms with van der Waals surface area (Å²) in [4.78, 5) is 11.6. The fourth-order valence-corrected chi connectivity index (χ4v) is 2.50. The van der Waals surface area contributed by atoms with Gasteiger partial charge in [0.25, 0.3) is 0 Å². The molecule has 0 bridgehead atoms. The molecule has 0 saturated carbocycles. The number of nitrogens with zero attached hydrogens (tertiary/aromatic N) is 5. The molecule has 106 valence electrons. The van der Waals surface area contributed by atoms with Crippen LogP contribution in [0.4, 0.5) is 11.8 Å². The summed E-state index contributed by atoms with van der Waals surface area (Å²) in [6.45, 7) is 2.08. The Kier molecular flexibility index (Phi) is 3.54. The monoisotopic (exact) mass is 272 g/mol. The van der Waals surface area contributed by atoms with Gasteiger partial charge >= 0.3 is 0 Å². The zero-order valence-corrected chi connectivity index (χ0v) is 12.0. The van der Waals surface area contributed by atoms with E-state index >= 15 is 0 Å². The lowest BCUT2D eigenvalue weighted by Gasteiger charge is -2.27. The summed E-state index contributed by atoms with van der Waals surface area (Å²) in [6.07, 6.45) is 7.55. The van der Waals surface area contributed by atoms with Crippen LogP contribution in [0.2, 0.25) is 0 Å². The van der Waals surface area contributed by atoms with Crippen molar-refractivity contribution in [3.8, 4) is 11.3 Å². The Morgan fingerprint density at radius 2 is 1.95 bits per heavy atom. The summed E-state index contributed by atoms with van der Waals surface area (Å²) in [5.41, 5.74) is 1.93. The van der Waals surface area contributed by atoms with Gasteiger partial charge in [0.05, 0.1) is 11.9 Å². The number of nitrogens with one attached hydrogen (secondary N) is 1. The van der Waals surface area contributed by atoms with E-state index in [2.05, 4.69) is 20.3 Å². The van der Waals surface area contributed by atoms with Gasteiger partial charge in [-0.05, 0) is 19.3 Å². The van der Waals surface area contributed by atoms with E-state index in [4.69, 9.17) is 4.98 Å². The average molecular weight is 272 g/mol. The van der Waals surface area contributed by atoms with E-state index in [-0.39, 0.29) is 0 Å². The Labute approximate surface area is 118 Å². The maximum absolute atomic E-state index is 4.71. The molecule has 0 spiro atoms. The van der Waals surface area contributed by atoms with Crippen LogP contribution in [0.15, 0.2) is 18.5 Å². The number of aromatic nitrogens is 4. The highest BCUT2D eigenvalue weighted by atomic mass is 15.3. The summed E-state index contributed by atoms with van der Waals surface area (Å²) >= 11 is 0. The lowest BCUT2D eigenvalue weighted by Crippen LogP contribution is -2.31. The van der Waals surface area contributed by atoms with Crippen molar-refractivity contribution >= 4 is 11.8 Å². The first-order valence-electron chi connectivity index (χ1n) is 7.07. The van der Waals surface area contributed by atoms with Gasteiger partial charge in [-0.15, -0.1) is 0 Å². The largest absolute Gasteiger partial charge is 0.373 e. The van der Waals surface area contributed by atoms with Crippen molar-refractivity contribution in [1.82, 2.24) is 19.7 Å². The second-order valence-corrected chi connectivity index (χ2v) is 5.14. The number of rotatable bonds is 3. The Morgan fingerprint density at radius 3 is 2.60 bits per heavy atom. The summed E-state index contributed by atoms with van der Waals surface area (Å²) < 4.78 is 1.79. The quantitative estimate of drug-likeness (QED) is 0.925. The maximum Gasteiger partial charge on any atom is 0.227 e. The number of hydrogen-bond acceptors (Lipinski definition) is 5. The molecule has 3 heterocycles. The van der Waals surface area contributed by atoms with E-state index in [0.29, 0.717) is 0 Å². The van der Waals surface area contributed by atoms with Crippen molar-refractivity contribution in [3.05, 3.63) is 18.5 Å². The standard InChI is InChI=1S/C14H20N6/c1-15-13-8-12(11-9-16-19(2)10-11)17-14(18-13)20-6-4-3-5-7-20/h8-10H,3-7H2,1-2H3,(H,15,17,18). The van der Waals surface area contributed by atoms with Crippen LogP contribution < -0.4 is 10.2 Å². The Balaban J connectivity index is 1.97. The van der Waals surface area contributed by atoms with Crippen LogP contribution in [-0.4, -0.2) is 39.9 Å². The van der Waals surface area contributed by atoms with Gasteiger partial charge in [0.2, 0.25) is 5.95 Å². The molecule has 3 rings (SSSR count). The number of hydrogen-bond donors (Lipinski definition) is 1. The van der Waals surface area contributed by atoms with Gasteiger partial charge in [0, 0.05) is 45.0 Å². The first kappa shape index (κ1) is 12.9. The van der Waals surface area contributed by atoms with Crippen molar-refractivity contribution in [2.45, 2.75) is 19.3 Å². The summed E-state index contributed by atoms with van der Waals surface area (Å²) in [5, 5.41) is 7.33. The van der Waals surface area contributed by atoms with E-state index in [1.807, 2.05) is 32.6 Å². The average Bonchev–Trinajstić information content (AvgIpc) is 2.94. The third-order valence-electron chi connectivity index (χ3n) is 3.61. The Morgan fingerprint density at radius 1 is 1.15 bits per heavy atom. The minimum absolute atomic E-state index is 0.815. The third kappa shape index (κ3) is 2.59. The van der Waals surface area contributed by atoms with Crippen LogP contribution in [0.25, 0.3) is 11.3 Å². The molecule has 1 N–H and O–H groups in total. The molecule has 1 fully saturated rings. The Bertz CT molecular complexity index is 585. The van der Waals surface area contributed by atoms with Gasteiger partial charge in [-0.1, -0.05) is 0 Å². The fourth-order valence-electron chi connectivity index (χ4n) is 2.50. The summed E-state index contributed by atoms with van der Waals surface area (Å²) in [5.74, 6) is 1.66. The van der Waals surface area contributed by atoms with E-state index in [1.54, 1.807) is 4.68 Å². The third-order valence-corrected chi connectivity index (χ3v) is 3.61. The van der Waals surface area contributed by atoms with Crippen molar-refractivity contribution in [2.24, 2.45) is 7.05 Å². The smallest absolute Gasteiger partial charge is 0.227 e. The highest BCUT2D eigenvalue weighted by molar-refractivity contribution is 5.63. The topological polar surface area (TPSA) is 58.9 Å². The second-order valence-electron chi connectivity index (χ2n) is 5.14. The van der Waals surface area contributed by atoms with Crippen LogP contribution in [0.3, 0.4) is 0 Å². The lowest BCUT2D eigenvalue weighted by atomic mass is 10.1. The van der Waals surface area contributed by atoms with E-state index in [0.717, 1.165) is 36.1 Å². The van der Waals surface area contributed by atoms with Gasteiger partial charge in [-0.2, -0.15) is 10.1 Å².